The molecule has 0 atom stereocenters. The molecule has 0 saturated carbocycles. The second-order valence-electron chi connectivity index (χ2n) is 3.88. The Morgan fingerprint density at radius 3 is 0.917 bits per heavy atom. The molecule has 0 heterocycles. The average Bonchev–Trinajstić information content (AvgIpc) is 1.86. The number of hydrogen-bond donors (Lipinski definition) is 1. The normalized spacial score (nSPS) is 17.1. The van der Waals surface area contributed by atoms with Crippen LogP contribution in [0.15, 0.2) is 0 Å². The second kappa shape index (κ2) is 3.20. The fraction of sp³-hybridized carbons (Fsp3) is 1.00. The summed E-state index contributed by atoms with van der Waals surface area (Å²) in [5, 5.41) is 0. The molecule has 0 rings (SSSR count). The van der Waals surface area contributed by atoms with Crippen LogP contribution in [-0.4, -0.2) is 67.9 Å². The van der Waals surface area contributed by atoms with Gasteiger partial charge in [0.25, 0.3) is 0 Å². The zero-order chi connectivity index (χ0) is 10.2. The van der Waals surface area contributed by atoms with Gasteiger partial charge in [0.05, 0.1) is 0 Å². The Morgan fingerprint density at radius 2 is 0.917 bits per heavy atom. The maximum atomic E-state index is 10.6. The van der Waals surface area contributed by atoms with Crippen molar-refractivity contribution >= 4 is 7.28 Å². The molecule has 0 spiro atoms. The molecule has 0 bridgehead atoms. The summed E-state index contributed by atoms with van der Waals surface area (Å²) < 4.78 is 5.68. The van der Waals surface area contributed by atoms with Crippen molar-refractivity contribution in [3.63, 3.8) is 0 Å². The van der Waals surface area contributed by atoms with Crippen molar-refractivity contribution in [1.82, 2.24) is 14.0 Å². The first-order valence-electron chi connectivity index (χ1n) is 3.93. The first-order chi connectivity index (χ1) is 5.13. The van der Waals surface area contributed by atoms with Gasteiger partial charge in [0.15, 0.2) is 0 Å². The monoisotopic (exact) mass is 195 g/mol. The molecule has 0 amide bonds. The summed E-state index contributed by atoms with van der Waals surface area (Å²) in [5.41, 5.74) is 0. The van der Waals surface area contributed by atoms with Gasteiger partial charge in [0.2, 0.25) is 0 Å². The number of rotatable bonds is 3. The Kier molecular flexibility index (Phi) is 3.27. The Balaban J connectivity index is 5.09. The van der Waals surface area contributed by atoms with E-state index >= 15 is 0 Å². The molecule has 0 aliphatic rings. The topological polar surface area (TPSA) is 30.0 Å². The van der Waals surface area contributed by atoms with Crippen molar-refractivity contribution in [1.29, 1.82) is 0 Å². The molecular weight excluding hydrogens is 173 g/mol. The van der Waals surface area contributed by atoms with Crippen molar-refractivity contribution in [3.05, 3.63) is 0 Å². The molecule has 0 unspecified atom stereocenters. The molecule has 12 heavy (non-hydrogen) atoms. The van der Waals surface area contributed by atoms with E-state index in [1.165, 1.54) is 0 Å². The van der Waals surface area contributed by atoms with Crippen molar-refractivity contribution < 1.29 is 4.89 Å². The minimum absolute atomic E-state index is 1.89. The van der Waals surface area contributed by atoms with Gasteiger partial charge >= 0.3 is 75.1 Å². The third-order valence-corrected chi connectivity index (χ3v) is 8.43. The summed E-state index contributed by atoms with van der Waals surface area (Å²) in [6, 6.07) is 0. The predicted molar refractivity (Wildman–Crippen MR) is 56.1 cm³/mol. The van der Waals surface area contributed by atoms with Crippen molar-refractivity contribution in [2.75, 3.05) is 49.0 Å². The Labute approximate surface area is 75.9 Å². The molecule has 5 heteroatoms. The van der Waals surface area contributed by atoms with E-state index in [1.54, 1.807) is 0 Å². The Bertz CT molecular complexity index is 140. The molecule has 0 saturated heterocycles. The first-order valence-corrected chi connectivity index (χ1v) is 6.42. The van der Waals surface area contributed by atoms with Crippen LogP contribution in [0.2, 0.25) is 0 Å². The van der Waals surface area contributed by atoms with Gasteiger partial charge in [-0.3, -0.25) is 0 Å². The van der Waals surface area contributed by atoms with E-state index in [0.29, 0.717) is 0 Å². The van der Waals surface area contributed by atoms with Crippen LogP contribution in [0.3, 0.4) is 0 Å². The van der Waals surface area contributed by atoms with Gasteiger partial charge in [-0.05, 0) is 0 Å². The number of hydrogen-bond acceptors (Lipinski definition) is 4. The van der Waals surface area contributed by atoms with Gasteiger partial charge in [-0.2, -0.15) is 0 Å². The molecule has 0 aliphatic carbocycles. The molecule has 0 aromatic carbocycles. The first kappa shape index (κ1) is 12.3. The third-order valence-electron chi connectivity index (χ3n) is 2.81. The van der Waals surface area contributed by atoms with Gasteiger partial charge in [-0.25, -0.2) is 0 Å². The van der Waals surface area contributed by atoms with Crippen LogP contribution in [0.5, 0.6) is 0 Å². The standard InChI is InChI=1S/C7H22N3OP/c1-8(2)12(7,11,9(3)4)10(5)6/h11H,1-7H3. The van der Waals surface area contributed by atoms with Crippen LogP contribution in [0.1, 0.15) is 0 Å². The molecule has 0 fully saturated rings. The third kappa shape index (κ3) is 1.50. The summed E-state index contributed by atoms with van der Waals surface area (Å²) in [6.45, 7) is 1.89. The van der Waals surface area contributed by atoms with Gasteiger partial charge < -0.3 is 0 Å². The van der Waals surface area contributed by atoms with Gasteiger partial charge in [0.1, 0.15) is 0 Å². The number of nitrogens with zero attached hydrogens (tertiary/aromatic N) is 3. The van der Waals surface area contributed by atoms with Crippen molar-refractivity contribution in [2.24, 2.45) is 0 Å². The molecule has 0 aliphatic heterocycles. The van der Waals surface area contributed by atoms with Crippen LogP contribution < -0.4 is 0 Å². The van der Waals surface area contributed by atoms with E-state index in [2.05, 4.69) is 0 Å². The van der Waals surface area contributed by atoms with Crippen molar-refractivity contribution in [3.8, 4) is 0 Å². The minimum atomic E-state index is -2.95. The molecule has 1 N–H and O–H groups in total. The fourth-order valence-electron chi connectivity index (χ4n) is 1.07. The maximum absolute atomic E-state index is 10.6. The zero-order valence-electron chi connectivity index (χ0n) is 9.24. The Morgan fingerprint density at radius 1 is 0.750 bits per heavy atom. The zero-order valence-corrected chi connectivity index (χ0v) is 10.1. The van der Waals surface area contributed by atoms with Gasteiger partial charge in [-0.1, -0.05) is 0 Å². The molecule has 0 aromatic heterocycles. The van der Waals surface area contributed by atoms with Crippen LogP contribution in [-0.2, 0) is 0 Å². The van der Waals surface area contributed by atoms with Crippen LogP contribution in [0, 0.1) is 0 Å². The van der Waals surface area contributed by atoms with Crippen LogP contribution in [0.4, 0.5) is 0 Å². The molecule has 0 aromatic rings. The quantitative estimate of drug-likeness (QED) is 0.664. The van der Waals surface area contributed by atoms with E-state index in [1.807, 2.05) is 63.0 Å². The summed E-state index contributed by atoms with van der Waals surface area (Å²) in [4.78, 5) is 10.6. The van der Waals surface area contributed by atoms with Gasteiger partial charge in [-0.15, -0.1) is 0 Å². The fourth-order valence-corrected chi connectivity index (χ4v) is 3.22. The molecule has 76 valence electrons. The second-order valence-corrected chi connectivity index (χ2v) is 8.95. The van der Waals surface area contributed by atoms with Crippen LogP contribution >= 0.6 is 7.28 Å². The summed E-state index contributed by atoms with van der Waals surface area (Å²) in [7, 11) is 8.45. The Hall–Kier alpha value is 0.270. The SMILES string of the molecule is CN(C)P(C)(O)(N(C)C)N(C)C. The summed E-state index contributed by atoms with van der Waals surface area (Å²) in [5.74, 6) is 0. The average molecular weight is 195 g/mol. The van der Waals surface area contributed by atoms with Crippen molar-refractivity contribution in [2.45, 2.75) is 0 Å². The van der Waals surface area contributed by atoms with E-state index in [0.717, 1.165) is 0 Å². The molecule has 4 nitrogen and oxygen atoms in total. The summed E-state index contributed by atoms with van der Waals surface area (Å²) >= 11 is 0. The van der Waals surface area contributed by atoms with E-state index in [9.17, 15) is 4.89 Å². The van der Waals surface area contributed by atoms with E-state index in [-0.39, 0.29) is 0 Å². The summed E-state index contributed by atoms with van der Waals surface area (Å²) in [6.07, 6.45) is 0. The molecular formula is C7H22N3OP. The van der Waals surface area contributed by atoms with E-state index < -0.39 is 7.28 Å². The predicted octanol–water partition coefficient (Wildman–Crippen LogP) is 0.507. The van der Waals surface area contributed by atoms with E-state index in [4.69, 9.17) is 0 Å². The van der Waals surface area contributed by atoms with Gasteiger partial charge in [0, 0.05) is 0 Å². The van der Waals surface area contributed by atoms with Crippen LogP contribution in [0.25, 0.3) is 0 Å². The molecule has 0 radical (unpaired) electrons.